The van der Waals surface area contributed by atoms with Crippen LogP contribution in [0.25, 0.3) is 22.0 Å². The second-order valence-corrected chi connectivity index (χ2v) is 7.65. The number of benzene rings is 1. The number of halogens is 2. The maximum Gasteiger partial charge on any atom is 0.268 e. The van der Waals surface area contributed by atoms with Crippen LogP contribution in [-0.2, 0) is 4.79 Å². The van der Waals surface area contributed by atoms with Crippen molar-refractivity contribution in [2.45, 2.75) is 31.2 Å². The summed E-state index contributed by atoms with van der Waals surface area (Å²) in [6.45, 7) is -0.828. The quantitative estimate of drug-likeness (QED) is 0.618. The van der Waals surface area contributed by atoms with Crippen molar-refractivity contribution in [1.29, 1.82) is 5.26 Å². The monoisotopic (exact) mass is 436 g/mol. The lowest BCUT2D eigenvalue weighted by molar-refractivity contribution is -0.132. The van der Waals surface area contributed by atoms with Crippen LogP contribution in [0.4, 0.5) is 8.78 Å². The molecule has 0 spiro atoms. The molecule has 1 aliphatic rings. The zero-order valence-corrected chi connectivity index (χ0v) is 16.8. The lowest BCUT2D eigenvalue weighted by Gasteiger charge is -2.19. The molecule has 1 saturated heterocycles. The maximum absolute atomic E-state index is 13.6. The van der Waals surface area contributed by atoms with E-state index in [-0.39, 0.29) is 18.4 Å². The number of ketones is 1. The fraction of sp³-hybridized carbons (Fsp3) is 0.261. The average Bonchev–Trinajstić information content (AvgIpc) is 3.11. The van der Waals surface area contributed by atoms with E-state index in [1.165, 1.54) is 12.3 Å². The minimum absolute atomic E-state index is 0.206. The summed E-state index contributed by atoms with van der Waals surface area (Å²) in [5, 5.41) is 9.82. The van der Waals surface area contributed by atoms with Gasteiger partial charge >= 0.3 is 0 Å². The number of nitrogens with zero attached hydrogens (tertiary/aromatic N) is 3. The molecule has 7 nitrogen and oxygen atoms in total. The second kappa shape index (κ2) is 8.30. The Balaban J connectivity index is 1.60. The number of hydrogen-bond donors (Lipinski definition) is 1. The largest absolute Gasteiger partial charge is 0.328 e. The molecule has 2 aromatic heterocycles. The number of hydrogen-bond acceptors (Lipinski definition) is 5. The number of likely N-dealkylation sites (tertiary alicyclic amines) is 1. The van der Waals surface area contributed by atoms with Crippen LogP contribution in [0, 0.1) is 11.3 Å². The highest BCUT2D eigenvalue weighted by Crippen LogP contribution is 2.33. The zero-order valence-electron chi connectivity index (χ0n) is 16.8. The Morgan fingerprint density at radius 1 is 1.22 bits per heavy atom. The summed E-state index contributed by atoms with van der Waals surface area (Å²) >= 11 is 0. The molecule has 9 heteroatoms. The van der Waals surface area contributed by atoms with E-state index in [1.54, 1.807) is 18.3 Å². The van der Waals surface area contributed by atoms with Crippen LogP contribution in [0.1, 0.15) is 29.6 Å². The third kappa shape index (κ3) is 4.12. The van der Waals surface area contributed by atoms with E-state index in [0.717, 1.165) is 10.3 Å². The first-order valence-corrected chi connectivity index (χ1v) is 9.96. The van der Waals surface area contributed by atoms with E-state index in [2.05, 4.69) is 9.97 Å². The van der Waals surface area contributed by atoms with E-state index in [1.807, 2.05) is 24.3 Å². The lowest BCUT2D eigenvalue weighted by atomic mass is 9.95. The van der Waals surface area contributed by atoms with Gasteiger partial charge < -0.3 is 9.88 Å². The van der Waals surface area contributed by atoms with Crippen molar-refractivity contribution in [3.8, 4) is 17.2 Å². The summed E-state index contributed by atoms with van der Waals surface area (Å²) in [6, 6.07) is 10.8. The van der Waals surface area contributed by atoms with Gasteiger partial charge in [0.25, 0.3) is 5.92 Å². The summed E-state index contributed by atoms with van der Waals surface area (Å²) in [5.41, 5.74) is 1.53. The van der Waals surface area contributed by atoms with Crippen molar-refractivity contribution in [2.75, 3.05) is 6.54 Å². The normalized spacial score (nSPS) is 17.3. The van der Waals surface area contributed by atoms with Crippen LogP contribution in [0.2, 0.25) is 0 Å². The molecule has 3 aromatic rings. The number of H-pyrrole nitrogens is 1. The molecule has 1 aliphatic heterocycles. The molecule has 0 saturated carbocycles. The standard InChI is InChI=1S/C23H18F2N4O3/c24-23(25)10-14(11-26)29(13-23)22(32)6-5-20(30)18-12-28-21(31)9-17(18)15-7-8-27-19-4-2-1-3-16(15)19/h1-4,7-9,12,14H,5-6,10,13H2,(H,28,31)/t14-/m0/s1. The Morgan fingerprint density at radius 2 is 2.00 bits per heavy atom. The number of pyridine rings is 2. The highest BCUT2D eigenvalue weighted by atomic mass is 19.3. The lowest BCUT2D eigenvalue weighted by Crippen LogP contribution is -2.36. The fourth-order valence-corrected chi connectivity index (χ4v) is 3.95. The van der Waals surface area contributed by atoms with Crippen molar-refractivity contribution in [1.82, 2.24) is 14.9 Å². The molecule has 3 heterocycles. The maximum atomic E-state index is 13.6. The predicted molar refractivity (Wildman–Crippen MR) is 112 cm³/mol. The highest BCUT2D eigenvalue weighted by Gasteiger charge is 2.47. The first-order valence-electron chi connectivity index (χ1n) is 9.96. The molecule has 1 N–H and O–H groups in total. The molecule has 162 valence electrons. The van der Waals surface area contributed by atoms with Gasteiger partial charge in [-0.15, -0.1) is 0 Å². The Hall–Kier alpha value is -3.93. The van der Waals surface area contributed by atoms with Crippen molar-refractivity contribution < 1.29 is 18.4 Å². The SMILES string of the molecule is N#C[C@@H]1CC(F)(F)CN1C(=O)CCC(=O)c1c[nH]c(=O)cc1-c1ccnc2ccccc12. The molecule has 0 unspecified atom stereocenters. The van der Waals surface area contributed by atoms with Gasteiger partial charge in [-0.2, -0.15) is 5.26 Å². The molecule has 32 heavy (non-hydrogen) atoms. The third-order valence-corrected chi connectivity index (χ3v) is 5.47. The number of para-hydroxylation sites is 1. The van der Waals surface area contributed by atoms with Gasteiger partial charge in [0.05, 0.1) is 18.1 Å². The van der Waals surface area contributed by atoms with E-state index in [0.29, 0.717) is 16.6 Å². The predicted octanol–water partition coefficient (Wildman–Crippen LogP) is 3.31. The Kier molecular flexibility index (Phi) is 5.53. The third-order valence-electron chi connectivity index (χ3n) is 5.47. The van der Waals surface area contributed by atoms with Gasteiger partial charge in [0.15, 0.2) is 5.78 Å². The van der Waals surface area contributed by atoms with Crippen molar-refractivity contribution in [3.05, 3.63) is 64.7 Å². The Morgan fingerprint density at radius 3 is 2.78 bits per heavy atom. The first-order chi connectivity index (χ1) is 15.3. The number of nitriles is 1. The molecule has 4 rings (SSSR count). The minimum atomic E-state index is -3.12. The summed E-state index contributed by atoms with van der Waals surface area (Å²) in [6.07, 6.45) is 1.60. The van der Waals surface area contributed by atoms with Crippen LogP contribution in [0.15, 0.2) is 53.6 Å². The van der Waals surface area contributed by atoms with Crippen LogP contribution in [0.3, 0.4) is 0 Å². The zero-order chi connectivity index (χ0) is 22.9. The topological polar surface area (TPSA) is 107 Å². The van der Waals surface area contributed by atoms with Crippen LogP contribution >= 0.6 is 0 Å². The van der Waals surface area contributed by atoms with Crippen LogP contribution in [0.5, 0.6) is 0 Å². The average molecular weight is 436 g/mol. The second-order valence-electron chi connectivity index (χ2n) is 7.65. The van der Waals surface area contributed by atoms with Crippen molar-refractivity contribution in [3.63, 3.8) is 0 Å². The number of carbonyl (C=O) groups excluding carboxylic acids is 2. The van der Waals surface area contributed by atoms with Gasteiger partial charge in [-0.25, -0.2) is 8.78 Å². The fourth-order valence-electron chi connectivity index (χ4n) is 3.95. The Labute approximate surface area is 181 Å². The smallest absolute Gasteiger partial charge is 0.268 e. The highest BCUT2D eigenvalue weighted by molar-refractivity contribution is 6.06. The summed E-state index contributed by atoms with van der Waals surface area (Å²) in [7, 11) is 0. The summed E-state index contributed by atoms with van der Waals surface area (Å²) < 4.78 is 27.2. The Bertz CT molecular complexity index is 1310. The first kappa shape index (κ1) is 21.3. The van der Waals surface area contributed by atoms with Gasteiger partial charge in [0.2, 0.25) is 11.5 Å². The van der Waals surface area contributed by atoms with Gasteiger partial charge in [0, 0.05) is 54.2 Å². The number of Topliss-reactive ketones (excluding diaryl/α,β-unsaturated/α-hetero) is 1. The molecule has 1 aromatic carbocycles. The van der Waals surface area contributed by atoms with Gasteiger partial charge in [-0.1, -0.05) is 18.2 Å². The van der Waals surface area contributed by atoms with Crippen LogP contribution < -0.4 is 5.56 Å². The van der Waals surface area contributed by atoms with Crippen molar-refractivity contribution in [2.24, 2.45) is 0 Å². The summed E-state index contributed by atoms with van der Waals surface area (Å²) in [5.74, 6) is -4.22. The number of nitrogens with one attached hydrogen (secondary N) is 1. The van der Waals surface area contributed by atoms with Crippen LogP contribution in [-0.4, -0.2) is 45.1 Å². The number of fused-ring (bicyclic) bond motifs is 1. The molecule has 1 amide bonds. The molecule has 0 bridgehead atoms. The number of aromatic nitrogens is 2. The van der Waals surface area contributed by atoms with E-state index < -0.39 is 42.2 Å². The molecule has 1 fully saturated rings. The number of carbonyl (C=O) groups is 2. The van der Waals surface area contributed by atoms with Gasteiger partial charge in [0.1, 0.15) is 6.04 Å². The number of amides is 1. The number of rotatable bonds is 5. The van der Waals surface area contributed by atoms with E-state index in [4.69, 9.17) is 5.26 Å². The molecule has 0 radical (unpaired) electrons. The molecular formula is C23H18F2N4O3. The summed E-state index contributed by atoms with van der Waals surface area (Å²) in [4.78, 5) is 45.0. The van der Waals surface area contributed by atoms with Gasteiger partial charge in [-0.3, -0.25) is 19.4 Å². The number of aromatic amines is 1. The molecular weight excluding hydrogens is 418 g/mol. The van der Waals surface area contributed by atoms with Crippen molar-refractivity contribution >= 4 is 22.6 Å². The molecule has 1 atom stereocenters. The van der Waals surface area contributed by atoms with E-state index in [9.17, 15) is 23.2 Å². The number of alkyl halides is 2. The molecule has 0 aliphatic carbocycles. The minimum Gasteiger partial charge on any atom is -0.328 e. The van der Waals surface area contributed by atoms with Gasteiger partial charge in [-0.05, 0) is 17.7 Å². The van der Waals surface area contributed by atoms with E-state index >= 15 is 0 Å².